The number of aliphatic carboxylic acids is 1. The van der Waals surface area contributed by atoms with Gasteiger partial charge in [-0.25, -0.2) is 14.8 Å². The molecule has 1 aromatic heterocycles. The van der Waals surface area contributed by atoms with Crippen LogP contribution in [0.1, 0.15) is 12.8 Å². The number of carbonyl (C=O) groups is 2. The van der Waals surface area contributed by atoms with E-state index in [4.69, 9.17) is 10.2 Å². The molecule has 1 aliphatic heterocycles. The van der Waals surface area contributed by atoms with Crippen LogP contribution in [0.15, 0.2) is 18.5 Å². The van der Waals surface area contributed by atoms with Crippen molar-refractivity contribution in [3.63, 3.8) is 0 Å². The van der Waals surface area contributed by atoms with E-state index in [0.29, 0.717) is 18.9 Å². The lowest BCUT2D eigenvalue weighted by Gasteiger charge is -2.23. The van der Waals surface area contributed by atoms with Gasteiger partial charge in [0.25, 0.3) is 0 Å². The second-order valence-corrected chi connectivity index (χ2v) is 4.50. The fraction of sp³-hybridized carbons (Fsp3) is 0.500. The van der Waals surface area contributed by atoms with Gasteiger partial charge in [0.05, 0.1) is 6.54 Å². The summed E-state index contributed by atoms with van der Waals surface area (Å²) >= 11 is 0. The molecule has 0 aliphatic carbocycles. The van der Waals surface area contributed by atoms with Crippen LogP contribution in [0.3, 0.4) is 0 Å². The molecule has 1 aromatic rings. The van der Waals surface area contributed by atoms with Crippen molar-refractivity contribution in [1.82, 2.24) is 15.3 Å². The molecule has 2 heterocycles. The van der Waals surface area contributed by atoms with Crippen LogP contribution in [0.25, 0.3) is 0 Å². The summed E-state index contributed by atoms with van der Waals surface area (Å²) in [5.41, 5.74) is 0. The van der Waals surface area contributed by atoms with Crippen molar-refractivity contribution in [3.8, 4) is 0 Å². The van der Waals surface area contributed by atoms with E-state index in [1.165, 1.54) is 0 Å². The first kappa shape index (κ1) is 14.2. The van der Waals surface area contributed by atoms with Gasteiger partial charge in [-0.1, -0.05) is 0 Å². The van der Waals surface area contributed by atoms with Crippen LogP contribution in [0.4, 0.5) is 5.95 Å². The third kappa shape index (κ3) is 3.21. The molecule has 3 N–H and O–H groups in total. The van der Waals surface area contributed by atoms with Crippen LogP contribution in [-0.2, 0) is 9.59 Å². The molecule has 1 aliphatic rings. The van der Waals surface area contributed by atoms with Crippen molar-refractivity contribution >= 4 is 17.8 Å². The molecule has 1 fully saturated rings. The van der Waals surface area contributed by atoms with Gasteiger partial charge in [-0.15, -0.1) is 0 Å². The van der Waals surface area contributed by atoms with Gasteiger partial charge in [-0.05, 0) is 18.9 Å². The normalized spacial score (nSPS) is 19.6. The van der Waals surface area contributed by atoms with Gasteiger partial charge >= 0.3 is 5.97 Å². The number of carboxylic acid groups (broad SMARTS) is 1. The Morgan fingerprint density at radius 1 is 1.45 bits per heavy atom. The number of carbonyl (C=O) groups excluding carboxylic acids is 1. The number of hydrogen-bond donors (Lipinski definition) is 3. The first-order valence-corrected chi connectivity index (χ1v) is 6.32. The fourth-order valence-electron chi connectivity index (χ4n) is 2.12. The van der Waals surface area contributed by atoms with Crippen LogP contribution in [0.5, 0.6) is 0 Å². The van der Waals surface area contributed by atoms with Crippen LogP contribution >= 0.6 is 0 Å². The molecule has 1 unspecified atom stereocenters. The zero-order valence-electron chi connectivity index (χ0n) is 10.8. The molecule has 0 bridgehead atoms. The van der Waals surface area contributed by atoms with Crippen LogP contribution in [0.2, 0.25) is 0 Å². The fourth-order valence-corrected chi connectivity index (χ4v) is 2.12. The molecule has 1 amide bonds. The number of anilines is 1. The highest BCUT2D eigenvalue weighted by molar-refractivity contribution is 5.85. The smallest absolute Gasteiger partial charge is 0.334 e. The number of nitrogens with one attached hydrogen (secondary N) is 1. The summed E-state index contributed by atoms with van der Waals surface area (Å²) in [4.78, 5) is 32.5. The van der Waals surface area contributed by atoms with Crippen molar-refractivity contribution < 1.29 is 19.8 Å². The van der Waals surface area contributed by atoms with Gasteiger partial charge in [-0.2, -0.15) is 0 Å². The maximum absolute atomic E-state index is 12.0. The predicted molar refractivity (Wildman–Crippen MR) is 69.1 cm³/mol. The predicted octanol–water partition coefficient (Wildman–Crippen LogP) is -0.993. The number of amides is 1. The Labute approximate surface area is 115 Å². The van der Waals surface area contributed by atoms with Crippen LogP contribution < -0.4 is 10.2 Å². The SMILES string of the molecule is O=C(NC[C@H](O)C(=O)O)C1CCCN1c1ncccn1. The van der Waals surface area contributed by atoms with E-state index in [1.807, 2.05) is 0 Å². The quantitative estimate of drug-likeness (QED) is 0.634. The van der Waals surface area contributed by atoms with E-state index >= 15 is 0 Å². The average molecular weight is 280 g/mol. The van der Waals surface area contributed by atoms with E-state index in [-0.39, 0.29) is 12.5 Å². The minimum absolute atomic E-state index is 0.311. The second kappa shape index (κ2) is 6.29. The van der Waals surface area contributed by atoms with E-state index in [2.05, 4.69) is 15.3 Å². The van der Waals surface area contributed by atoms with Gasteiger partial charge in [0.15, 0.2) is 6.10 Å². The van der Waals surface area contributed by atoms with Gasteiger partial charge in [0, 0.05) is 18.9 Å². The lowest BCUT2D eigenvalue weighted by molar-refractivity contribution is -0.146. The lowest BCUT2D eigenvalue weighted by atomic mass is 10.2. The van der Waals surface area contributed by atoms with Crippen molar-refractivity contribution in [2.45, 2.75) is 25.0 Å². The highest BCUT2D eigenvalue weighted by atomic mass is 16.4. The summed E-state index contributed by atoms with van der Waals surface area (Å²) in [7, 11) is 0. The molecule has 2 atom stereocenters. The summed E-state index contributed by atoms with van der Waals surface area (Å²) in [6, 6.07) is 1.26. The largest absolute Gasteiger partial charge is 0.479 e. The van der Waals surface area contributed by atoms with Crippen molar-refractivity contribution in [3.05, 3.63) is 18.5 Å². The number of hydrogen-bond acceptors (Lipinski definition) is 6. The topological polar surface area (TPSA) is 116 Å². The molecular formula is C12H16N4O4. The van der Waals surface area contributed by atoms with E-state index < -0.39 is 18.1 Å². The monoisotopic (exact) mass is 280 g/mol. The summed E-state index contributed by atoms with van der Waals surface area (Å²) in [6.07, 6.45) is 3.08. The van der Waals surface area contributed by atoms with E-state index in [1.54, 1.807) is 23.4 Å². The third-order valence-electron chi connectivity index (χ3n) is 3.12. The standard InChI is InChI=1S/C12H16N4O4/c17-9(11(19)20)7-15-10(18)8-3-1-6-16(8)12-13-4-2-5-14-12/h2,4-5,8-9,17H,1,3,6-7H2,(H,15,18)(H,19,20)/t8?,9-/m0/s1. The summed E-state index contributed by atoms with van der Waals surface area (Å²) in [6.45, 7) is 0.359. The maximum atomic E-state index is 12.0. The molecular weight excluding hydrogens is 264 g/mol. The van der Waals surface area contributed by atoms with E-state index in [0.717, 1.165) is 6.42 Å². The molecule has 0 spiro atoms. The molecule has 1 saturated heterocycles. The Morgan fingerprint density at radius 3 is 2.80 bits per heavy atom. The Hall–Kier alpha value is -2.22. The van der Waals surface area contributed by atoms with Crippen molar-refractivity contribution in [1.29, 1.82) is 0 Å². The van der Waals surface area contributed by atoms with Gasteiger partial charge in [0.2, 0.25) is 11.9 Å². The summed E-state index contributed by atoms with van der Waals surface area (Å²) in [5, 5.41) is 20.1. The Morgan fingerprint density at radius 2 is 2.15 bits per heavy atom. The van der Waals surface area contributed by atoms with Crippen LogP contribution in [-0.4, -0.2) is 57.3 Å². The lowest BCUT2D eigenvalue weighted by Crippen LogP contribution is -2.47. The molecule has 20 heavy (non-hydrogen) atoms. The Balaban J connectivity index is 1.97. The number of aliphatic hydroxyl groups is 1. The molecule has 0 saturated carbocycles. The van der Waals surface area contributed by atoms with Crippen molar-refractivity contribution in [2.24, 2.45) is 0 Å². The second-order valence-electron chi connectivity index (χ2n) is 4.50. The Bertz CT molecular complexity index is 482. The van der Waals surface area contributed by atoms with Gasteiger partial charge in [-0.3, -0.25) is 4.79 Å². The number of aromatic nitrogens is 2. The van der Waals surface area contributed by atoms with E-state index in [9.17, 15) is 9.59 Å². The molecule has 8 nitrogen and oxygen atoms in total. The zero-order chi connectivity index (χ0) is 14.5. The highest BCUT2D eigenvalue weighted by Gasteiger charge is 2.32. The Kier molecular flexibility index (Phi) is 4.46. The molecule has 2 rings (SSSR count). The number of rotatable bonds is 5. The molecule has 0 radical (unpaired) electrons. The summed E-state index contributed by atoms with van der Waals surface area (Å²) < 4.78 is 0. The zero-order valence-corrected chi connectivity index (χ0v) is 10.8. The minimum Gasteiger partial charge on any atom is -0.479 e. The van der Waals surface area contributed by atoms with Gasteiger partial charge < -0.3 is 20.4 Å². The van der Waals surface area contributed by atoms with Crippen molar-refractivity contribution in [2.75, 3.05) is 18.0 Å². The van der Waals surface area contributed by atoms with Crippen LogP contribution in [0, 0.1) is 0 Å². The number of carboxylic acids is 1. The first-order chi connectivity index (χ1) is 9.59. The third-order valence-corrected chi connectivity index (χ3v) is 3.12. The van der Waals surface area contributed by atoms with Gasteiger partial charge in [0.1, 0.15) is 6.04 Å². The first-order valence-electron chi connectivity index (χ1n) is 6.32. The molecule has 8 heteroatoms. The maximum Gasteiger partial charge on any atom is 0.334 e. The highest BCUT2D eigenvalue weighted by Crippen LogP contribution is 2.21. The summed E-state index contributed by atoms with van der Waals surface area (Å²) in [5.74, 6) is -1.21. The number of nitrogens with zero attached hydrogens (tertiary/aromatic N) is 3. The minimum atomic E-state index is -1.60. The molecule has 0 aromatic carbocycles. The molecule has 108 valence electrons. The number of aliphatic hydroxyl groups excluding tert-OH is 1. The average Bonchev–Trinajstić information content (AvgIpc) is 2.94.